The normalized spacial score (nSPS) is 18.5. The Morgan fingerprint density at radius 1 is 1.12 bits per heavy atom. The van der Waals surface area contributed by atoms with Gasteiger partial charge in [-0.05, 0) is 42.8 Å². The Labute approximate surface area is 112 Å². The second-order valence-electron chi connectivity index (χ2n) is 5.51. The van der Waals surface area contributed by atoms with Gasteiger partial charge in [0.05, 0.1) is 11.9 Å². The first-order valence-corrected chi connectivity index (χ1v) is 6.87. The Bertz CT molecular complexity index is 378. The molecule has 1 aromatic rings. The molecule has 1 aromatic heterocycles. The molecule has 3 nitrogen and oxygen atoms in total. The minimum atomic E-state index is 0.279. The SMILES string of the molecule is CC(C)(C)N1CCN(c2cncc(Br)c2)CC1. The quantitative estimate of drug-likeness (QED) is 0.795. The first-order valence-electron chi connectivity index (χ1n) is 6.07. The van der Waals surface area contributed by atoms with E-state index in [1.54, 1.807) is 0 Å². The second kappa shape index (κ2) is 4.94. The van der Waals surface area contributed by atoms with Crippen molar-refractivity contribution < 1.29 is 0 Å². The van der Waals surface area contributed by atoms with Crippen LogP contribution >= 0.6 is 15.9 Å². The molecule has 0 radical (unpaired) electrons. The standard InChI is InChI=1S/C13H20BrN3/c1-13(2,3)17-6-4-16(5-7-17)12-8-11(14)9-15-10-12/h8-10H,4-7H2,1-3H3. The van der Waals surface area contributed by atoms with Crippen LogP contribution in [0, 0.1) is 0 Å². The monoisotopic (exact) mass is 297 g/mol. The topological polar surface area (TPSA) is 19.4 Å². The van der Waals surface area contributed by atoms with Gasteiger partial charge in [0.1, 0.15) is 0 Å². The Morgan fingerprint density at radius 2 is 1.76 bits per heavy atom. The lowest BCUT2D eigenvalue weighted by atomic mass is 10.0. The molecule has 0 spiro atoms. The summed E-state index contributed by atoms with van der Waals surface area (Å²) < 4.78 is 1.05. The molecule has 4 heteroatoms. The summed E-state index contributed by atoms with van der Waals surface area (Å²) in [4.78, 5) is 9.16. The van der Waals surface area contributed by atoms with Crippen molar-refractivity contribution in [1.29, 1.82) is 0 Å². The number of nitrogens with zero attached hydrogens (tertiary/aromatic N) is 3. The van der Waals surface area contributed by atoms with E-state index in [1.807, 2.05) is 12.4 Å². The van der Waals surface area contributed by atoms with Crippen molar-refractivity contribution in [2.75, 3.05) is 31.1 Å². The van der Waals surface area contributed by atoms with Crippen LogP contribution < -0.4 is 4.90 Å². The van der Waals surface area contributed by atoms with Gasteiger partial charge in [0.2, 0.25) is 0 Å². The molecule has 1 fully saturated rings. The fourth-order valence-corrected chi connectivity index (χ4v) is 2.56. The van der Waals surface area contributed by atoms with E-state index in [-0.39, 0.29) is 5.54 Å². The lowest BCUT2D eigenvalue weighted by Gasteiger charge is -2.42. The van der Waals surface area contributed by atoms with E-state index in [0.29, 0.717) is 0 Å². The van der Waals surface area contributed by atoms with Crippen molar-refractivity contribution in [2.24, 2.45) is 0 Å². The molecule has 1 aliphatic rings. The second-order valence-corrected chi connectivity index (χ2v) is 6.42. The number of hydrogen-bond donors (Lipinski definition) is 0. The van der Waals surface area contributed by atoms with E-state index >= 15 is 0 Å². The van der Waals surface area contributed by atoms with Gasteiger partial charge in [-0.1, -0.05) is 0 Å². The third kappa shape index (κ3) is 3.19. The van der Waals surface area contributed by atoms with Gasteiger partial charge < -0.3 is 4.90 Å². The van der Waals surface area contributed by atoms with E-state index < -0.39 is 0 Å². The third-order valence-corrected chi connectivity index (χ3v) is 3.72. The lowest BCUT2D eigenvalue weighted by molar-refractivity contribution is 0.128. The van der Waals surface area contributed by atoms with Gasteiger partial charge in [0, 0.05) is 42.4 Å². The zero-order valence-corrected chi connectivity index (χ0v) is 12.4. The van der Waals surface area contributed by atoms with Gasteiger partial charge in [-0.3, -0.25) is 9.88 Å². The molecule has 0 bridgehead atoms. The third-order valence-electron chi connectivity index (χ3n) is 3.28. The Kier molecular flexibility index (Phi) is 3.73. The summed E-state index contributed by atoms with van der Waals surface area (Å²) in [5.41, 5.74) is 1.50. The predicted molar refractivity (Wildman–Crippen MR) is 75.5 cm³/mol. The van der Waals surface area contributed by atoms with Crippen molar-refractivity contribution in [2.45, 2.75) is 26.3 Å². The highest BCUT2D eigenvalue weighted by Gasteiger charge is 2.25. The van der Waals surface area contributed by atoms with Gasteiger partial charge in [0.15, 0.2) is 0 Å². The molecule has 17 heavy (non-hydrogen) atoms. The fourth-order valence-electron chi connectivity index (χ4n) is 2.21. The number of anilines is 1. The maximum absolute atomic E-state index is 4.23. The average Bonchev–Trinajstić information content (AvgIpc) is 2.28. The molecule has 0 aliphatic carbocycles. The van der Waals surface area contributed by atoms with Gasteiger partial charge in [-0.25, -0.2) is 0 Å². The summed E-state index contributed by atoms with van der Waals surface area (Å²) in [6, 6.07) is 2.14. The van der Waals surface area contributed by atoms with E-state index in [4.69, 9.17) is 0 Å². The van der Waals surface area contributed by atoms with Crippen LogP contribution in [-0.2, 0) is 0 Å². The zero-order chi connectivity index (χ0) is 12.5. The van der Waals surface area contributed by atoms with Crippen LogP contribution in [0.1, 0.15) is 20.8 Å². The lowest BCUT2D eigenvalue weighted by Crippen LogP contribution is -2.53. The molecule has 1 aliphatic heterocycles. The molecular weight excluding hydrogens is 278 g/mol. The highest BCUT2D eigenvalue weighted by molar-refractivity contribution is 9.10. The highest BCUT2D eigenvalue weighted by atomic mass is 79.9. The zero-order valence-electron chi connectivity index (χ0n) is 10.8. The minimum Gasteiger partial charge on any atom is -0.368 e. The van der Waals surface area contributed by atoms with Crippen molar-refractivity contribution >= 4 is 21.6 Å². The number of aromatic nitrogens is 1. The molecule has 0 saturated carbocycles. The Hall–Kier alpha value is -0.610. The van der Waals surface area contributed by atoms with Gasteiger partial charge in [-0.15, -0.1) is 0 Å². The predicted octanol–water partition coefficient (Wildman–Crippen LogP) is 2.76. The number of rotatable bonds is 1. The number of halogens is 1. The number of pyridine rings is 1. The van der Waals surface area contributed by atoms with E-state index in [0.717, 1.165) is 30.7 Å². The van der Waals surface area contributed by atoms with Crippen LogP contribution in [0.3, 0.4) is 0 Å². The maximum atomic E-state index is 4.23. The molecule has 1 saturated heterocycles. The number of piperazine rings is 1. The van der Waals surface area contributed by atoms with E-state index in [9.17, 15) is 0 Å². The summed E-state index contributed by atoms with van der Waals surface area (Å²) >= 11 is 3.47. The molecular formula is C13H20BrN3. The summed E-state index contributed by atoms with van der Waals surface area (Å²) in [5.74, 6) is 0. The van der Waals surface area contributed by atoms with Gasteiger partial charge in [0.25, 0.3) is 0 Å². The maximum Gasteiger partial charge on any atom is 0.0564 e. The molecule has 0 atom stereocenters. The Morgan fingerprint density at radius 3 is 2.29 bits per heavy atom. The van der Waals surface area contributed by atoms with Crippen LogP contribution in [0.2, 0.25) is 0 Å². The summed E-state index contributed by atoms with van der Waals surface area (Å²) in [7, 11) is 0. The van der Waals surface area contributed by atoms with Crippen molar-refractivity contribution in [1.82, 2.24) is 9.88 Å². The first kappa shape index (κ1) is 12.8. The van der Waals surface area contributed by atoms with Gasteiger partial charge >= 0.3 is 0 Å². The first-order chi connectivity index (χ1) is 7.97. The molecule has 2 rings (SSSR count). The van der Waals surface area contributed by atoms with Crippen molar-refractivity contribution in [3.05, 3.63) is 22.9 Å². The summed E-state index contributed by atoms with van der Waals surface area (Å²) in [6.45, 7) is 11.2. The fraction of sp³-hybridized carbons (Fsp3) is 0.615. The van der Waals surface area contributed by atoms with Gasteiger partial charge in [-0.2, -0.15) is 0 Å². The molecule has 0 N–H and O–H groups in total. The minimum absolute atomic E-state index is 0.279. The average molecular weight is 298 g/mol. The van der Waals surface area contributed by atoms with Crippen LogP contribution in [0.4, 0.5) is 5.69 Å². The van der Waals surface area contributed by atoms with E-state index in [1.165, 1.54) is 5.69 Å². The molecule has 2 heterocycles. The van der Waals surface area contributed by atoms with Crippen molar-refractivity contribution in [3.63, 3.8) is 0 Å². The summed E-state index contributed by atoms with van der Waals surface area (Å²) in [5, 5.41) is 0. The van der Waals surface area contributed by atoms with Crippen LogP contribution in [0.5, 0.6) is 0 Å². The Balaban J connectivity index is 2.00. The summed E-state index contributed by atoms with van der Waals surface area (Å²) in [6.07, 6.45) is 3.77. The van der Waals surface area contributed by atoms with Crippen molar-refractivity contribution in [3.8, 4) is 0 Å². The molecule has 0 unspecified atom stereocenters. The number of hydrogen-bond acceptors (Lipinski definition) is 3. The molecule has 94 valence electrons. The largest absolute Gasteiger partial charge is 0.368 e. The molecule has 0 amide bonds. The van der Waals surface area contributed by atoms with Crippen LogP contribution in [0.25, 0.3) is 0 Å². The van der Waals surface area contributed by atoms with Crippen LogP contribution in [0.15, 0.2) is 22.9 Å². The van der Waals surface area contributed by atoms with Crippen LogP contribution in [-0.4, -0.2) is 41.6 Å². The smallest absolute Gasteiger partial charge is 0.0564 e. The van der Waals surface area contributed by atoms with E-state index in [2.05, 4.69) is 57.6 Å². The molecule has 0 aromatic carbocycles. The highest BCUT2D eigenvalue weighted by Crippen LogP contribution is 2.22.